The molecule has 0 bridgehead atoms. The minimum atomic E-state index is 0.824. The van der Waals surface area contributed by atoms with Gasteiger partial charge >= 0.3 is 0 Å². The fraction of sp³-hybridized carbons (Fsp3) is 0.818. The molecule has 0 aromatic heterocycles. The fourth-order valence-corrected chi connectivity index (χ4v) is 2.18. The molecule has 74 valence electrons. The lowest BCUT2D eigenvalue weighted by atomic mass is 10.1. The van der Waals surface area contributed by atoms with Gasteiger partial charge in [0.25, 0.3) is 0 Å². The predicted molar refractivity (Wildman–Crippen MR) is 55.8 cm³/mol. The average molecular weight is 180 g/mol. The first kappa shape index (κ1) is 9.22. The smallest absolute Gasteiger partial charge is 0.0252 e. The minimum absolute atomic E-state index is 0.824. The van der Waals surface area contributed by atoms with E-state index in [0.29, 0.717) is 0 Å². The van der Waals surface area contributed by atoms with Crippen molar-refractivity contribution < 1.29 is 0 Å². The van der Waals surface area contributed by atoms with E-state index in [0.717, 1.165) is 18.5 Å². The van der Waals surface area contributed by atoms with E-state index in [9.17, 15) is 0 Å². The third-order valence-electron chi connectivity index (χ3n) is 3.14. The van der Waals surface area contributed by atoms with Gasteiger partial charge in [0.05, 0.1) is 0 Å². The molecule has 2 aliphatic rings. The highest BCUT2D eigenvalue weighted by atomic mass is 15.2. The van der Waals surface area contributed by atoms with Crippen LogP contribution in [0.4, 0.5) is 0 Å². The van der Waals surface area contributed by atoms with Crippen molar-refractivity contribution in [1.82, 2.24) is 10.2 Å². The van der Waals surface area contributed by atoms with Gasteiger partial charge in [-0.15, -0.1) is 0 Å². The second-order valence-corrected chi connectivity index (χ2v) is 4.17. The average Bonchev–Trinajstić information content (AvgIpc) is 2.98. The van der Waals surface area contributed by atoms with Crippen LogP contribution in [-0.2, 0) is 0 Å². The number of hydrogen-bond acceptors (Lipinski definition) is 2. The summed E-state index contributed by atoms with van der Waals surface area (Å²) in [5, 5.41) is 3.50. The maximum atomic E-state index is 3.50. The van der Waals surface area contributed by atoms with Crippen LogP contribution in [0, 0.1) is 5.92 Å². The summed E-state index contributed by atoms with van der Waals surface area (Å²) in [5.41, 5.74) is 0. The maximum absolute atomic E-state index is 3.50. The van der Waals surface area contributed by atoms with Crippen molar-refractivity contribution >= 4 is 0 Å². The zero-order chi connectivity index (χ0) is 9.10. The molecule has 2 heteroatoms. The van der Waals surface area contributed by atoms with Crippen molar-refractivity contribution in [3.05, 3.63) is 12.2 Å². The molecule has 0 radical (unpaired) electrons. The van der Waals surface area contributed by atoms with Crippen LogP contribution < -0.4 is 5.32 Å². The Kier molecular flexibility index (Phi) is 3.01. The van der Waals surface area contributed by atoms with Crippen LogP contribution >= 0.6 is 0 Å². The van der Waals surface area contributed by atoms with Gasteiger partial charge in [-0.2, -0.15) is 0 Å². The first-order valence-electron chi connectivity index (χ1n) is 5.47. The van der Waals surface area contributed by atoms with Crippen LogP contribution in [0.25, 0.3) is 0 Å². The molecular formula is C11H20N2. The third kappa shape index (κ3) is 2.32. The number of allylic oxidation sites excluding steroid dienone is 1. The third-order valence-corrected chi connectivity index (χ3v) is 3.14. The van der Waals surface area contributed by atoms with Gasteiger partial charge in [0.1, 0.15) is 0 Å². The second-order valence-electron chi connectivity index (χ2n) is 4.17. The number of hydrogen-bond donors (Lipinski definition) is 1. The van der Waals surface area contributed by atoms with Gasteiger partial charge in [-0.1, -0.05) is 12.2 Å². The Bertz CT molecular complexity index is 185. The van der Waals surface area contributed by atoms with Crippen molar-refractivity contribution in [3.8, 4) is 0 Å². The molecule has 2 rings (SSSR count). The summed E-state index contributed by atoms with van der Waals surface area (Å²) in [7, 11) is 0. The molecule has 0 amide bonds. The quantitative estimate of drug-likeness (QED) is 0.658. The summed E-state index contributed by atoms with van der Waals surface area (Å²) in [5.74, 6) is 0.998. The number of nitrogens with zero attached hydrogens (tertiary/aromatic N) is 1. The lowest BCUT2D eigenvalue weighted by molar-refractivity contribution is 0.160. The summed E-state index contributed by atoms with van der Waals surface area (Å²) in [6.45, 7) is 6.86. The first-order chi connectivity index (χ1) is 6.42. The van der Waals surface area contributed by atoms with Gasteiger partial charge in [-0.25, -0.2) is 0 Å². The van der Waals surface area contributed by atoms with E-state index in [1.54, 1.807) is 0 Å². The number of piperazine rings is 1. The van der Waals surface area contributed by atoms with Crippen LogP contribution in [0.15, 0.2) is 12.2 Å². The topological polar surface area (TPSA) is 15.3 Å². The highest BCUT2D eigenvalue weighted by Gasteiger charge is 2.35. The predicted octanol–water partition coefficient (Wildman–Crippen LogP) is 1.25. The van der Waals surface area contributed by atoms with Gasteiger partial charge in [0.2, 0.25) is 0 Å². The Morgan fingerprint density at radius 2 is 2.31 bits per heavy atom. The van der Waals surface area contributed by atoms with Crippen molar-refractivity contribution in [3.63, 3.8) is 0 Å². The molecule has 1 unspecified atom stereocenters. The Hall–Kier alpha value is -0.340. The maximum Gasteiger partial charge on any atom is 0.0252 e. The van der Waals surface area contributed by atoms with E-state index in [1.807, 2.05) is 0 Å². The highest BCUT2D eigenvalue weighted by molar-refractivity contribution is 4.95. The molecule has 1 aliphatic heterocycles. The van der Waals surface area contributed by atoms with Crippen LogP contribution in [0.3, 0.4) is 0 Å². The fourth-order valence-electron chi connectivity index (χ4n) is 2.18. The van der Waals surface area contributed by atoms with Gasteiger partial charge in [0.15, 0.2) is 0 Å². The van der Waals surface area contributed by atoms with Crippen molar-refractivity contribution in [2.75, 3.05) is 26.2 Å². The van der Waals surface area contributed by atoms with Gasteiger partial charge in [0, 0.05) is 32.2 Å². The zero-order valence-corrected chi connectivity index (χ0v) is 8.50. The Balaban J connectivity index is 1.87. The van der Waals surface area contributed by atoms with Gasteiger partial charge in [-0.05, 0) is 25.7 Å². The van der Waals surface area contributed by atoms with Gasteiger partial charge in [-0.3, -0.25) is 4.90 Å². The Labute approximate surface area is 81.0 Å². The summed E-state index contributed by atoms with van der Waals surface area (Å²) in [6.07, 6.45) is 7.35. The molecule has 1 heterocycles. The van der Waals surface area contributed by atoms with E-state index < -0.39 is 0 Å². The van der Waals surface area contributed by atoms with E-state index in [2.05, 4.69) is 29.3 Å². The van der Waals surface area contributed by atoms with Crippen LogP contribution in [0.2, 0.25) is 0 Å². The first-order valence-corrected chi connectivity index (χ1v) is 5.47. The SMILES string of the molecule is C/C=C/CN1CCNCC1C1CC1. The molecular weight excluding hydrogens is 160 g/mol. The normalized spacial score (nSPS) is 31.3. The van der Waals surface area contributed by atoms with E-state index >= 15 is 0 Å². The lowest BCUT2D eigenvalue weighted by Crippen LogP contribution is -2.52. The number of rotatable bonds is 3. The van der Waals surface area contributed by atoms with E-state index in [4.69, 9.17) is 0 Å². The van der Waals surface area contributed by atoms with Crippen LogP contribution in [-0.4, -0.2) is 37.1 Å². The molecule has 1 saturated carbocycles. The van der Waals surface area contributed by atoms with E-state index in [1.165, 1.54) is 32.5 Å². The molecule has 0 aromatic rings. The summed E-state index contributed by atoms with van der Waals surface area (Å²) in [4.78, 5) is 2.63. The lowest BCUT2D eigenvalue weighted by Gasteiger charge is -2.35. The molecule has 0 spiro atoms. The molecule has 13 heavy (non-hydrogen) atoms. The summed E-state index contributed by atoms with van der Waals surface area (Å²) < 4.78 is 0. The highest BCUT2D eigenvalue weighted by Crippen LogP contribution is 2.35. The molecule has 0 aromatic carbocycles. The molecule has 1 saturated heterocycles. The minimum Gasteiger partial charge on any atom is -0.314 e. The van der Waals surface area contributed by atoms with Gasteiger partial charge < -0.3 is 5.32 Å². The molecule has 2 nitrogen and oxygen atoms in total. The monoisotopic (exact) mass is 180 g/mol. The molecule has 1 atom stereocenters. The standard InChI is InChI=1S/C11H20N2/c1-2-3-7-13-8-6-12-9-11(13)10-4-5-10/h2-3,10-12H,4-9H2,1H3/b3-2+. The molecule has 2 fully saturated rings. The number of nitrogens with one attached hydrogen (secondary N) is 1. The van der Waals surface area contributed by atoms with Crippen LogP contribution in [0.1, 0.15) is 19.8 Å². The summed E-state index contributed by atoms with van der Waals surface area (Å²) in [6, 6.07) is 0.824. The largest absolute Gasteiger partial charge is 0.314 e. The Morgan fingerprint density at radius 3 is 3.00 bits per heavy atom. The van der Waals surface area contributed by atoms with Crippen LogP contribution in [0.5, 0.6) is 0 Å². The summed E-state index contributed by atoms with van der Waals surface area (Å²) >= 11 is 0. The van der Waals surface area contributed by atoms with E-state index in [-0.39, 0.29) is 0 Å². The van der Waals surface area contributed by atoms with Crippen molar-refractivity contribution in [1.29, 1.82) is 0 Å². The second kappa shape index (κ2) is 4.25. The van der Waals surface area contributed by atoms with Crippen molar-refractivity contribution in [2.24, 2.45) is 5.92 Å². The molecule has 1 N–H and O–H groups in total. The Morgan fingerprint density at radius 1 is 1.46 bits per heavy atom. The zero-order valence-electron chi connectivity index (χ0n) is 8.50. The van der Waals surface area contributed by atoms with Crippen molar-refractivity contribution in [2.45, 2.75) is 25.8 Å². The molecule has 1 aliphatic carbocycles.